The van der Waals surface area contributed by atoms with Crippen molar-refractivity contribution in [2.45, 2.75) is 12.5 Å². The molecule has 7 heteroatoms. The van der Waals surface area contributed by atoms with Crippen LogP contribution in [-0.4, -0.2) is 37.0 Å². The van der Waals surface area contributed by atoms with Gasteiger partial charge in [0.05, 0.1) is 6.61 Å². The molecule has 0 aliphatic carbocycles. The van der Waals surface area contributed by atoms with Crippen molar-refractivity contribution in [1.82, 2.24) is 4.90 Å². The summed E-state index contributed by atoms with van der Waals surface area (Å²) in [7, 11) is 1.53. The molecular formula is C13H15ClFN3O2. The Labute approximate surface area is 121 Å². The Kier molecular flexibility index (Phi) is 3.96. The number of aliphatic imine (C=N–C) groups is 1. The molecular weight excluding hydrogens is 285 g/mol. The zero-order valence-electron chi connectivity index (χ0n) is 11.2. The molecule has 0 radical (unpaired) electrons. The number of halogens is 2. The summed E-state index contributed by atoms with van der Waals surface area (Å²) < 4.78 is 18.2. The fourth-order valence-corrected chi connectivity index (χ4v) is 2.62. The maximum Gasteiger partial charge on any atom is 0.346 e. The molecule has 5 nitrogen and oxygen atoms in total. The van der Waals surface area contributed by atoms with Gasteiger partial charge in [0.1, 0.15) is 17.2 Å². The quantitative estimate of drug-likeness (QED) is 0.926. The summed E-state index contributed by atoms with van der Waals surface area (Å²) in [6.45, 7) is 2.37. The Balaban J connectivity index is 2.48. The van der Waals surface area contributed by atoms with Crippen molar-refractivity contribution in [3.05, 3.63) is 34.6 Å². The molecule has 20 heavy (non-hydrogen) atoms. The maximum absolute atomic E-state index is 13.2. The van der Waals surface area contributed by atoms with Gasteiger partial charge < -0.3 is 15.4 Å². The van der Waals surface area contributed by atoms with Crippen molar-refractivity contribution in [2.24, 2.45) is 10.7 Å². The smallest absolute Gasteiger partial charge is 0.346 e. The highest BCUT2D eigenvalue weighted by molar-refractivity contribution is 6.32. The Hall–Kier alpha value is -1.66. The molecule has 0 spiro atoms. The zero-order chi connectivity index (χ0) is 14.9. The van der Waals surface area contributed by atoms with E-state index < -0.39 is 17.4 Å². The summed E-state index contributed by atoms with van der Waals surface area (Å²) in [4.78, 5) is 17.2. The zero-order valence-corrected chi connectivity index (χ0v) is 11.9. The van der Waals surface area contributed by atoms with Crippen molar-refractivity contribution in [3.63, 3.8) is 0 Å². The van der Waals surface area contributed by atoms with Crippen LogP contribution in [0.15, 0.2) is 23.2 Å². The summed E-state index contributed by atoms with van der Waals surface area (Å²) in [5.41, 5.74) is 5.43. The third-order valence-electron chi connectivity index (χ3n) is 3.46. The lowest BCUT2D eigenvalue weighted by atomic mass is 9.89. The summed E-state index contributed by atoms with van der Waals surface area (Å²) in [6, 6.07) is 3.52. The Bertz CT molecular complexity index is 579. The van der Waals surface area contributed by atoms with Crippen LogP contribution in [0.5, 0.6) is 0 Å². The molecule has 0 aromatic heterocycles. The summed E-state index contributed by atoms with van der Waals surface area (Å²) >= 11 is 6.09. The molecule has 1 heterocycles. The van der Waals surface area contributed by atoms with Crippen molar-refractivity contribution in [2.75, 3.05) is 20.3 Å². The molecule has 2 rings (SSSR count). The second kappa shape index (κ2) is 5.38. The van der Waals surface area contributed by atoms with Crippen molar-refractivity contribution < 1.29 is 13.9 Å². The SMILES string of the molecule is COCCN1C(=O)N=C(N)C1(C)c1ccc(F)cc1Cl. The second-order valence-electron chi connectivity index (χ2n) is 4.62. The highest BCUT2D eigenvalue weighted by Crippen LogP contribution is 2.37. The summed E-state index contributed by atoms with van der Waals surface area (Å²) in [5.74, 6) is -0.322. The Morgan fingerprint density at radius 3 is 2.85 bits per heavy atom. The molecule has 1 atom stereocenters. The predicted octanol–water partition coefficient (Wildman–Crippen LogP) is 2.13. The molecule has 2 N–H and O–H groups in total. The lowest BCUT2D eigenvalue weighted by Crippen LogP contribution is -2.50. The topological polar surface area (TPSA) is 67.9 Å². The fraction of sp³-hybridized carbons (Fsp3) is 0.385. The van der Waals surface area contributed by atoms with E-state index in [0.717, 1.165) is 0 Å². The Morgan fingerprint density at radius 1 is 1.55 bits per heavy atom. The third kappa shape index (κ3) is 2.25. The lowest BCUT2D eigenvalue weighted by Gasteiger charge is -2.35. The van der Waals surface area contributed by atoms with Crippen LogP contribution in [0.4, 0.5) is 9.18 Å². The molecule has 1 aliphatic rings. The highest BCUT2D eigenvalue weighted by Gasteiger charge is 2.46. The maximum atomic E-state index is 13.2. The number of carbonyl (C=O) groups is 1. The number of urea groups is 1. The molecule has 0 fully saturated rings. The average Bonchev–Trinajstić information content (AvgIpc) is 2.58. The molecule has 0 saturated heterocycles. The van der Waals surface area contributed by atoms with Gasteiger partial charge in [-0.3, -0.25) is 0 Å². The number of amides is 2. The number of rotatable bonds is 4. The lowest BCUT2D eigenvalue weighted by molar-refractivity contribution is 0.128. The molecule has 1 aromatic carbocycles. The largest absolute Gasteiger partial charge is 0.385 e. The molecule has 0 bridgehead atoms. The van der Waals surface area contributed by atoms with Gasteiger partial charge in [-0.1, -0.05) is 17.7 Å². The first-order valence-corrected chi connectivity index (χ1v) is 6.39. The summed E-state index contributed by atoms with van der Waals surface area (Å²) in [6.07, 6.45) is 0. The van der Waals surface area contributed by atoms with E-state index in [9.17, 15) is 9.18 Å². The second-order valence-corrected chi connectivity index (χ2v) is 5.03. The number of carbonyl (C=O) groups excluding carboxylic acids is 1. The van der Waals surface area contributed by atoms with Crippen molar-refractivity contribution >= 4 is 23.5 Å². The van der Waals surface area contributed by atoms with Crippen LogP contribution in [0.25, 0.3) is 0 Å². The molecule has 108 valence electrons. The van der Waals surface area contributed by atoms with Gasteiger partial charge in [0, 0.05) is 24.2 Å². The van der Waals surface area contributed by atoms with E-state index in [1.807, 2.05) is 0 Å². The van der Waals surface area contributed by atoms with Gasteiger partial charge in [-0.05, 0) is 19.1 Å². The molecule has 1 aliphatic heterocycles. The molecule has 2 amide bonds. The van der Waals surface area contributed by atoms with E-state index in [0.29, 0.717) is 18.7 Å². The number of hydrogen-bond donors (Lipinski definition) is 1. The van der Waals surface area contributed by atoms with E-state index in [1.165, 1.54) is 30.2 Å². The van der Waals surface area contributed by atoms with Gasteiger partial charge in [-0.2, -0.15) is 4.99 Å². The third-order valence-corrected chi connectivity index (χ3v) is 3.77. The van der Waals surface area contributed by atoms with Crippen LogP contribution in [0.3, 0.4) is 0 Å². The number of benzene rings is 1. The van der Waals surface area contributed by atoms with Crippen molar-refractivity contribution in [3.8, 4) is 0 Å². The minimum absolute atomic E-state index is 0.132. The number of amidine groups is 1. The first-order valence-electron chi connectivity index (χ1n) is 6.02. The summed E-state index contributed by atoms with van der Waals surface area (Å²) in [5, 5.41) is 0.197. The van der Waals surface area contributed by atoms with E-state index in [2.05, 4.69) is 4.99 Å². The standard InChI is InChI=1S/C13H15ClFN3O2/c1-13(9-4-3-8(15)7-10(9)14)11(16)17-12(19)18(13)5-6-20-2/h3-4,7H,5-6H2,1-2H3,(H2,16,17,19). The van der Waals surface area contributed by atoms with Crippen LogP contribution in [0, 0.1) is 5.82 Å². The van der Waals surface area contributed by atoms with E-state index >= 15 is 0 Å². The minimum atomic E-state index is -1.000. The van der Waals surface area contributed by atoms with Crippen LogP contribution < -0.4 is 5.73 Å². The fourth-order valence-electron chi connectivity index (χ4n) is 2.27. The number of hydrogen-bond acceptors (Lipinski definition) is 3. The normalized spacial score (nSPS) is 22.3. The van der Waals surface area contributed by atoms with Gasteiger partial charge in [0.2, 0.25) is 0 Å². The van der Waals surface area contributed by atoms with Gasteiger partial charge in [-0.25, -0.2) is 9.18 Å². The van der Waals surface area contributed by atoms with Gasteiger partial charge in [0.25, 0.3) is 0 Å². The van der Waals surface area contributed by atoms with Crippen LogP contribution in [0.1, 0.15) is 12.5 Å². The monoisotopic (exact) mass is 299 g/mol. The first-order chi connectivity index (χ1) is 9.41. The van der Waals surface area contributed by atoms with Gasteiger partial charge in [-0.15, -0.1) is 0 Å². The van der Waals surface area contributed by atoms with E-state index in [1.54, 1.807) is 6.92 Å². The molecule has 0 saturated carbocycles. The van der Waals surface area contributed by atoms with Gasteiger partial charge in [0.15, 0.2) is 0 Å². The number of ether oxygens (including phenoxy) is 1. The molecule has 1 unspecified atom stereocenters. The van der Waals surface area contributed by atoms with Crippen LogP contribution in [0.2, 0.25) is 5.02 Å². The number of nitrogens with zero attached hydrogens (tertiary/aromatic N) is 2. The Morgan fingerprint density at radius 2 is 2.25 bits per heavy atom. The average molecular weight is 300 g/mol. The minimum Gasteiger partial charge on any atom is -0.385 e. The molecule has 1 aromatic rings. The van der Waals surface area contributed by atoms with Crippen LogP contribution >= 0.6 is 11.6 Å². The van der Waals surface area contributed by atoms with E-state index in [-0.39, 0.29) is 10.9 Å². The number of nitrogens with two attached hydrogens (primary N) is 1. The number of methoxy groups -OCH3 is 1. The highest BCUT2D eigenvalue weighted by atomic mass is 35.5. The van der Waals surface area contributed by atoms with E-state index in [4.69, 9.17) is 22.1 Å². The first kappa shape index (κ1) is 14.7. The van der Waals surface area contributed by atoms with Crippen LogP contribution in [-0.2, 0) is 10.3 Å². The van der Waals surface area contributed by atoms with Crippen molar-refractivity contribution in [1.29, 1.82) is 0 Å². The van der Waals surface area contributed by atoms with Gasteiger partial charge >= 0.3 is 6.03 Å². The predicted molar refractivity (Wildman–Crippen MR) is 74.4 cm³/mol.